The molecule has 0 saturated heterocycles. The van der Waals surface area contributed by atoms with E-state index in [0.29, 0.717) is 6.04 Å². The number of hydrogen-bond acceptors (Lipinski definition) is 4. The van der Waals surface area contributed by atoms with E-state index in [2.05, 4.69) is 22.4 Å². The van der Waals surface area contributed by atoms with Crippen molar-refractivity contribution in [1.82, 2.24) is 4.98 Å². The summed E-state index contributed by atoms with van der Waals surface area (Å²) in [5.74, 6) is 6.09. The Morgan fingerprint density at radius 2 is 2.12 bits per heavy atom. The smallest absolute Gasteiger partial charge is 0.141 e. The molecule has 0 amide bonds. The van der Waals surface area contributed by atoms with Gasteiger partial charge in [-0.25, -0.2) is 10.8 Å². The number of anilines is 2. The van der Waals surface area contributed by atoms with Crippen LogP contribution in [-0.4, -0.2) is 18.1 Å². The van der Waals surface area contributed by atoms with E-state index in [-0.39, 0.29) is 0 Å². The molecule has 0 aliphatic heterocycles. The van der Waals surface area contributed by atoms with Gasteiger partial charge in [0, 0.05) is 31.0 Å². The molecule has 1 fully saturated rings. The van der Waals surface area contributed by atoms with Crippen LogP contribution >= 0.6 is 0 Å². The maximum Gasteiger partial charge on any atom is 0.141 e. The Morgan fingerprint density at radius 1 is 1.38 bits per heavy atom. The zero-order chi connectivity index (χ0) is 11.4. The summed E-state index contributed by atoms with van der Waals surface area (Å²) >= 11 is 0. The first-order chi connectivity index (χ1) is 7.81. The van der Waals surface area contributed by atoms with E-state index in [1.54, 1.807) is 6.20 Å². The summed E-state index contributed by atoms with van der Waals surface area (Å²) in [4.78, 5) is 6.47. The highest BCUT2D eigenvalue weighted by molar-refractivity contribution is 5.53. The Balaban J connectivity index is 2.09. The van der Waals surface area contributed by atoms with Gasteiger partial charge in [-0.05, 0) is 18.9 Å². The molecule has 0 aromatic carbocycles. The van der Waals surface area contributed by atoms with E-state index >= 15 is 0 Å². The quantitative estimate of drug-likeness (QED) is 0.605. The zero-order valence-electron chi connectivity index (χ0n) is 9.82. The number of hydrogen-bond donors (Lipinski definition) is 2. The molecule has 4 nitrogen and oxygen atoms in total. The van der Waals surface area contributed by atoms with E-state index < -0.39 is 0 Å². The molecule has 88 valence electrons. The number of nitrogens with one attached hydrogen (secondary N) is 1. The summed E-state index contributed by atoms with van der Waals surface area (Å²) in [5.41, 5.74) is 3.78. The molecular weight excluding hydrogens is 200 g/mol. The highest BCUT2D eigenvalue weighted by Crippen LogP contribution is 2.26. The van der Waals surface area contributed by atoms with Crippen molar-refractivity contribution in [3.8, 4) is 0 Å². The number of aromatic nitrogens is 1. The van der Waals surface area contributed by atoms with Crippen LogP contribution in [0.4, 0.5) is 11.5 Å². The van der Waals surface area contributed by atoms with Crippen LogP contribution < -0.4 is 16.2 Å². The number of rotatable bonds is 3. The maximum absolute atomic E-state index is 5.37. The summed E-state index contributed by atoms with van der Waals surface area (Å²) in [6.07, 6.45) is 8.47. The molecule has 1 aliphatic carbocycles. The average molecular weight is 220 g/mol. The average Bonchev–Trinajstić information content (AvgIpc) is 2.39. The van der Waals surface area contributed by atoms with Gasteiger partial charge in [-0.3, -0.25) is 0 Å². The lowest BCUT2D eigenvalue weighted by Gasteiger charge is -2.33. The zero-order valence-corrected chi connectivity index (χ0v) is 9.82. The Bertz CT molecular complexity index is 334. The predicted octanol–water partition coefficient (Wildman–Crippen LogP) is 2.14. The topological polar surface area (TPSA) is 54.2 Å². The van der Waals surface area contributed by atoms with Crippen molar-refractivity contribution >= 4 is 11.5 Å². The fourth-order valence-corrected chi connectivity index (χ4v) is 2.40. The molecule has 0 bridgehead atoms. The molecule has 1 aliphatic rings. The van der Waals surface area contributed by atoms with Crippen LogP contribution in [0, 0.1) is 0 Å². The second kappa shape index (κ2) is 5.16. The molecule has 0 unspecified atom stereocenters. The van der Waals surface area contributed by atoms with Crippen LogP contribution in [-0.2, 0) is 0 Å². The van der Waals surface area contributed by atoms with Crippen LogP contribution in [0.1, 0.15) is 32.1 Å². The van der Waals surface area contributed by atoms with Crippen molar-refractivity contribution in [2.75, 3.05) is 17.4 Å². The highest BCUT2D eigenvalue weighted by Gasteiger charge is 2.18. The second-order valence-corrected chi connectivity index (χ2v) is 4.45. The van der Waals surface area contributed by atoms with E-state index in [9.17, 15) is 0 Å². The number of nitrogen functional groups attached to an aromatic ring is 1. The van der Waals surface area contributed by atoms with Crippen LogP contribution in [0.15, 0.2) is 18.3 Å². The fourth-order valence-electron chi connectivity index (χ4n) is 2.40. The molecule has 1 aromatic rings. The van der Waals surface area contributed by atoms with Gasteiger partial charge in [-0.15, -0.1) is 0 Å². The van der Waals surface area contributed by atoms with Crippen molar-refractivity contribution in [1.29, 1.82) is 0 Å². The molecule has 1 saturated carbocycles. The SMILES string of the molecule is CN(c1ccnc(NN)c1)C1CCCCC1. The van der Waals surface area contributed by atoms with Gasteiger partial charge in [0.2, 0.25) is 0 Å². The monoisotopic (exact) mass is 220 g/mol. The van der Waals surface area contributed by atoms with Gasteiger partial charge < -0.3 is 10.3 Å². The van der Waals surface area contributed by atoms with Crippen LogP contribution in [0.25, 0.3) is 0 Å². The van der Waals surface area contributed by atoms with Gasteiger partial charge in [0.25, 0.3) is 0 Å². The van der Waals surface area contributed by atoms with E-state index in [1.165, 1.54) is 37.8 Å². The molecule has 4 heteroatoms. The molecule has 0 radical (unpaired) electrons. The summed E-state index contributed by atoms with van der Waals surface area (Å²) in [6.45, 7) is 0. The molecule has 2 rings (SSSR count). The summed E-state index contributed by atoms with van der Waals surface area (Å²) < 4.78 is 0. The van der Waals surface area contributed by atoms with E-state index in [1.807, 2.05) is 12.1 Å². The van der Waals surface area contributed by atoms with Gasteiger partial charge >= 0.3 is 0 Å². The minimum atomic E-state index is 0.668. The van der Waals surface area contributed by atoms with Crippen LogP contribution in [0.5, 0.6) is 0 Å². The van der Waals surface area contributed by atoms with Crippen LogP contribution in [0.2, 0.25) is 0 Å². The number of hydrazine groups is 1. The number of pyridine rings is 1. The summed E-state index contributed by atoms with van der Waals surface area (Å²) in [5, 5.41) is 0. The minimum absolute atomic E-state index is 0.668. The third kappa shape index (κ3) is 2.44. The lowest BCUT2D eigenvalue weighted by atomic mass is 9.94. The molecular formula is C12H20N4. The van der Waals surface area contributed by atoms with Crippen molar-refractivity contribution in [3.63, 3.8) is 0 Å². The Hall–Kier alpha value is -1.29. The fraction of sp³-hybridized carbons (Fsp3) is 0.583. The van der Waals surface area contributed by atoms with Gasteiger partial charge in [-0.2, -0.15) is 0 Å². The van der Waals surface area contributed by atoms with Gasteiger partial charge in [0.15, 0.2) is 0 Å². The third-order valence-electron chi connectivity index (χ3n) is 3.42. The van der Waals surface area contributed by atoms with Gasteiger partial charge in [0.1, 0.15) is 5.82 Å². The molecule has 16 heavy (non-hydrogen) atoms. The minimum Gasteiger partial charge on any atom is -0.371 e. The standard InChI is InChI=1S/C12H20N4/c1-16(10-5-3-2-4-6-10)11-7-8-14-12(9-11)15-13/h7-10H,2-6,13H2,1H3,(H,14,15). The molecule has 3 N–H and O–H groups in total. The van der Waals surface area contributed by atoms with E-state index in [0.717, 1.165) is 5.82 Å². The lowest BCUT2D eigenvalue weighted by Crippen LogP contribution is -2.33. The maximum atomic E-state index is 5.37. The van der Waals surface area contributed by atoms with Crippen molar-refractivity contribution in [2.45, 2.75) is 38.1 Å². The first-order valence-electron chi connectivity index (χ1n) is 5.97. The molecule has 1 aromatic heterocycles. The first kappa shape index (κ1) is 11.2. The van der Waals surface area contributed by atoms with E-state index in [4.69, 9.17) is 5.84 Å². The normalized spacial score (nSPS) is 17.1. The number of nitrogens with two attached hydrogens (primary N) is 1. The van der Waals surface area contributed by atoms with Crippen molar-refractivity contribution in [2.24, 2.45) is 5.84 Å². The van der Waals surface area contributed by atoms with Crippen molar-refractivity contribution in [3.05, 3.63) is 18.3 Å². The Morgan fingerprint density at radius 3 is 2.81 bits per heavy atom. The highest BCUT2D eigenvalue weighted by atomic mass is 15.3. The first-order valence-corrected chi connectivity index (χ1v) is 5.97. The Labute approximate surface area is 96.8 Å². The lowest BCUT2D eigenvalue weighted by molar-refractivity contribution is 0.427. The number of nitrogens with zero attached hydrogens (tertiary/aromatic N) is 2. The molecule has 0 spiro atoms. The largest absolute Gasteiger partial charge is 0.371 e. The molecule has 0 atom stereocenters. The summed E-state index contributed by atoms with van der Waals surface area (Å²) in [6, 6.07) is 4.70. The summed E-state index contributed by atoms with van der Waals surface area (Å²) in [7, 11) is 2.16. The molecule has 1 heterocycles. The van der Waals surface area contributed by atoms with Gasteiger partial charge in [-0.1, -0.05) is 19.3 Å². The van der Waals surface area contributed by atoms with Crippen molar-refractivity contribution < 1.29 is 0 Å². The predicted molar refractivity (Wildman–Crippen MR) is 67.3 cm³/mol. The second-order valence-electron chi connectivity index (χ2n) is 4.45. The van der Waals surface area contributed by atoms with Crippen LogP contribution in [0.3, 0.4) is 0 Å². The van der Waals surface area contributed by atoms with Gasteiger partial charge in [0.05, 0.1) is 0 Å². The Kier molecular flexibility index (Phi) is 3.62. The third-order valence-corrected chi connectivity index (χ3v) is 3.42.